The van der Waals surface area contributed by atoms with Crippen molar-refractivity contribution in [2.24, 2.45) is 0 Å². The van der Waals surface area contributed by atoms with Crippen LogP contribution in [0.15, 0.2) is 35.7 Å². The molecule has 0 aliphatic rings. The molecule has 1 heterocycles. The average molecular weight is 238 g/mol. The highest BCUT2D eigenvalue weighted by Gasteiger charge is 2.02. The molecular formula is C12H12ClNS. The Balaban J connectivity index is 2.29. The van der Waals surface area contributed by atoms with Crippen molar-refractivity contribution in [2.45, 2.75) is 6.54 Å². The molecule has 0 spiro atoms. The van der Waals surface area contributed by atoms with Crippen LogP contribution in [0.3, 0.4) is 0 Å². The Morgan fingerprint density at radius 3 is 2.93 bits per heavy atom. The molecule has 3 heteroatoms. The molecule has 1 aromatic carbocycles. The van der Waals surface area contributed by atoms with E-state index in [0.717, 1.165) is 11.6 Å². The van der Waals surface area contributed by atoms with Gasteiger partial charge >= 0.3 is 0 Å². The molecule has 2 aromatic rings. The maximum Gasteiger partial charge on any atom is 0.0412 e. The Labute approximate surface area is 98.7 Å². The van der Waals surface area contributed by atoms with E-state index in [0.29, 0.717) is 0 Å². The van der Waals surface area contributed by atoms with Crippen LogP contribution in [-0.2, 0) is 6.54 Å². The first-order chi connectivity index (χ1) is 7.29. The first kappa shape index (κ1) is 10.7. The molecule has 1 nitrogen and oxygen atoms in total. The van der Waals surface area contributed by atoms with E-state index in [-0.39, 0.29) is 0 Å². The zero-order valence-corrected chi connectivity index (χ0v) is 10.0. The molecule has 0 radical (unpaired) electrons. The number of thiophene rings is 1. The van der Waals surface area contributed by atoms with Gasteiger partial charge in [0.2, 0.25) is 0 Å². The summed E-state index contributed by atoms with van der Waals surface area (Å²) in [7, 11) is 1.96. The molecule has 2 rings (SSSR count). The fraction of sp³-hybridized carbons (Fsp3) is 0.167. The summed E-state index contributed by atoms with van der Waals surface area (Å²) in [6.07, 6.45) is 0. The first-order valence-electron chi connectivity index (χ1n) is 4.77. The lowest BCUT2D eigenvalue weighted by Gasteiger charge is -1.97. The number of rotatable bonds is 3. The molecule has 0 unspecified atom stereocenters. The van der Waals surface area contributed by atoms with Gasteiger partial charge in [0, 0.05) is 16.4 Å². The molecule has 0 saturated heterocycles. The number of hydrogen-bond donors (Lipinski definition) is 1. The molecule has 78 valence electrons. The lowest BCUT2D eigenvalue weighted by atomic mass is 10.2. The first-order valence-corrected chi connectivity index (χ1v) is 6.03. The molecular weight excluding hydrogens is 226 g/mol. The van der Waals surface area contributed by atoms with Crippen molar-refractivity contribution in [1.29, 1.82) is 0 Å². The zero-order valence-electron chi connectivity index (χ0n) is 8.46. The second kappa shape index (κ2) is 4.79. The Hall–Kier alpha value is -0.830. The minimum absolute atomic E-state index is 0.788. The number of hydrogen-bond acceptors (Lipinski definition) is 2. The number of nitrogens with one attached hydrogen (secondary N) is 1. The van der Waals surface area contributed by atoms with Crippen molar-refractivity contribution >= 4 is 22.9 Å². The predicted molar refractivity (Wildman–Crippen MR) is 67.5 cm³/mol. The second-order valence-corrected chi connectivity index (χ2v) is 4.71. The SMILES string of the molecule is CNCc1csc(-c2cccc(Cl)c2)c1. The highest BCUT2D eigenvalue weighted by Crippen LogP contribution is 2.28. The van der Waals surface area contributed by atoms with Crippen LogP contribution in [0.25, 0.3) is 10.4 Å². The Bertz CT molecular complexity index is 450. The Kier molecular flexibility index (Phi) is 3.41. The standard InChI is InChI=1S/C12H12ClNS/c1-14-7-9-5-12(15-8-9)10-3-2-4-11(13)6-10/h2-6,8,14H,7H2,1H3. The summed E-state index contributed by atoms with van der Waals surface area (Å²) in [5.74, 6) is 0. The highest BCUT2D eigenvalue weighted by atomic mass is 35.5. The molecule has 0 bridgehead atoms. The minimum Gasteiger partial charge on any atom is -0.316 e. The van der Waals surface area contributed by atoms with Gasteiger partial charge in [-0.3, -0.25) is 0 Å². The van der Waals surface area contributed by atoms with Crippen LogP contribution in [0.5, 0.6) is 0 Å². The monoisotopic (exact) mass is 237 g/mol. The summed E-state index contributed by atoms with van der Waals surface area (Å²) in [4.78, 5) is 1.27. The summed E-state index contributed by atoms with van der Waals surface area (Å²) in [6, 6.07) is 10.2. The Morgan fingerprint density at radius 2 is 2.20 bits per heavy atom. The van der Waals surface area contributed by atoms with Crippen LogP contribution >= 0.6 is 22.9 Å². The third-order valence-electron chi connectivity index (χ3n) is 2.14. The van der Waals surface area contributed by atoms with E-state index < -0.39 is 0 Å². The molecule has 1 N–H and O–H groups in total. The molecule has 0 amide bonds. The predicted octanol–water partition coefficient (Wildman–Crippen LogP) is 3.79. The van der Waals surface area contributed by atoms with E-state index in [1.165, 1.54) is 16.0 Å². The fourth-order valence-corrected chi connectivity index (χ4v) is 2.57. The van der Waals surface area contributed by atoms with E-state index in [2.05, 4.69) is 22.8 Å². The lowest BCUT2D eigenvalue weighted by molar-refractivity contribution is 0.821. The summed E-state index contributed by atoms with van der Waals surface area (Å²) >= 11 is 7.71. The van der Waals surface area contributed by atoms with Crippen molar-refractivity contribution in [2.75, 3.05) is 7.05 Å². The largest absolute Gasteiger partial charge is 0.316 e. The third kappa shape index (κ3) is 2.59. The smallest absolute Gasteiger partial charge is 0.0412 e. The summed E-state index contributed by atoms with van der Waals surface area (Å²) in [5, 5.41) is 6.10. The third-order valence-corrected chi connectivity index (χ3v) is 3.41. The highest BCUT2D eigenvalue weighted by molar-refractivity contribution is 7.13. The van der Waals surface area contributed by atoms with Crippen LogP contribution in [0.1, 0.15) is 5.56 Å². The van der Waals surface area contributed by atoms with Gasteiger partial charge in [-0.1, -0.05) is 23.7 Å². The summed E-state index contributed by atoms with van der Waals surface area (Å²) in [5.41, 5.74) is 2.51. The van der Waals surface area contributed by atoms with Gasteiger partial charge in [-0.05, 0) is 41.8 Å². The normalized spacial score (nSPS) is 10.5. The van der Waals surface area contributed by atoms with Crippen molar-refractivity contribution in [3.05, 3.63) is 46.3 Å². The van der Waals surface area contributed by atoms with E-state index in [1.54, 1.807) is 11.3 Å². The van der Waals surface area contributed by atoms with Gasteiger partial charge in [0.05, 0.1) is 0 Å². The Morgan fingerprint density at radius 1 is 1.33 bits per heavy atom. The maximum atomic E-state index is 5.95. The average Bonchev–Trinajstić information content (AvgIpc) is 2.67. The van der Waals surface area contributed by atoms with Crippen LogP contribution in [0.4, 0.5) is 0 Å². The zero-order chi connectivity index (χ0) is 10.7. The van der Waals surface area contributed by atoms with Gasteiger partial charge in [-0.2, -0.15) is 0 Å². The van der Waals surface area contributed by atoms with E-state index in [1.807, 2.05) is 25.2 Å². The topological polar surface area (TPSA) is 12.0 Å². The van der Waals surface area contributed by atoms with Gasteiger partial charge in [0.1, 0.15) is 0 Å². The number of halogens is 1. The van der Waals surface area contributed by atoms with E-state index >= 15 is 0 Å². The van der Waals surface area contributed by atoms with Crippen molar-refractivity contribution in [1.82, 2.24) is 5.32 Å². The molecule has 0 saturated carbocycles. The maximum absolute atomic E-state index is 5.95. The molecule has 0 aliphatic heterocycles. The van der Waals surface area contributed by atoms with Crippen molar-refractivity contribution in [3.8, 4) is 10.4 Å². The van der Waals surface area contributed by atoms with Crippen LogP contribution in [-0.4, -0.2) is 7.05 Å². The quantitative estimate of drug-likeness (QED) is 0.857. The van der Waals surface area contributed by atoms with Crippen molar-refractivity contribution in [3.63, 3.8) is 0 Å². The van der Waals surface area contributed by atoms with Crippen LogP contribution < -0.4 is 5.32 Å². The van der Waals surface area contributed by atoms with Gasteiger partial charge in [0.15, 0.2) is 0 Å². The van der Waals surface area contributed by atoms with Gasteiger partial charge < -0.3 is 5.32 Å². The molecule has 0 atom stereocenters. The van der Waals surface area contributed by atoms with E-state index in [9.17, 15) is 0 Å². The van der Waals surface area contributed by atoms with Crippen LogP contribution in [0, 0.1) is 0 Å². The number of benzene rings is 1. The van der Waals surface area contributed by atoms with Gasteiger partial charge in [-0.25, -0.2) is 0 Å². The molecule has 15 heavy (non-hydrogen) atoms. The van der Waals surface area contributed by atoms with E-state index in [4.69, 9.17) is 11.6 Å². The lowest BCUT2D eigenvalue weighted by Crippen LogP contribution is -2.03. The molecule has 1 aromatic heterocycles. The molecule has 0 fully saturated rings. The fourth-order valence-electron chi connectivity index (χ4n) is 1.47. The summed E-state index contributed by atoms with van der Waals surface area (Å²) in [6.45, 7) is 0.914. The summed E-state index contributed by atoms with van der Waals surface area (Å²) < 4.78 is 0. The van der Waals surface area contributed by atoms with Gasteiger partial charge in [-0.15, -0.1) is 11.3 Å². The minimum atomic E-state index is 0.788. The van der Waals surface area contributed by atoms with Crippen molar-refractivity contribution < 1.29 is 0 Å². The van der Waals surface area contributed by atoms with Gasteiger partial charge in [0.25, 0.3) is 0 Å². The molecule has 0 aliphatic carbocycles. The van der Waals surface area contributed by atoms with Crippen LogP contribution in [0.2, 0.25) is 5.02 Å². The second-order valence-electron chi connectivity index (χ2n) is 3.36.